The zero-order valence-electron chi connectivity index (χ0n) is 10.6. The van der Waals surface area contributed by atoms with Gasteiger partial charge in [-0.25, -0.2) is 13.6 Å². The molecule has 2 unspecified atom stereocenters. The summed E-state index contributed by atoms with van der Waals surface area (Å²) >= 11 is 0. The molecule has 0 aliphatic carbocycles. The SMILES string of the molecule is CC1CC(CN)CN1c1ccc(C(=O)O)c(F)c1F. The minimum atomic E-state index is -1.47. The van der Waals surface area contributed by atoms with Crippen molar-refractivity contribution >= 4 is 11.7 Å². The number of carboxylic acids is 1. The maximum atomic E-state index is 14.0. The highest BCUT2D eigenvalue weighted by Crippen LogP contribution is 2.32. The Morgan fingerprint density at radius 3 is 2.68 bits per heavy atom. The Bertz CT molecular complexity index is 508. The van der Waals surface area contributed by atoms with Crippen molar-refractivity contribution in [3.05, 3.63) is 29.3 Å². The van der Waals surface area contributed by atoms with Crippen LogP contribution in [0.3, 0.4) is 0 Å². The van der Waals surface area contributed by atoms with E-state index in [1.165, 1.54) is 6.07 Å². The summed E-state index contributed by atoms with van der Waals surface area (Å²) in [6.07, 6.45) is 0.818. The van der Waals surface area contributed by atoms with Gasteiger partial charge in [0.05, 0.1) is 11.3 Å². The van der Waals surface area contributed by atoms with Gasteiger partial charge in [0.25, 0.3) is 0 Å². The monoisotopic (exact) mass is 270 g/mol. The van der Waals surface area contributed by atoms with Crippen molar-refractivity contribution in [1.29, 1.82) is 0 Å². The minimum Gasteiger partial charge on any atom is -0.478 e. The molecule has 3 N–H and O–H groups in total. The summed E-state index contributed by atoms with van der Waals surface area (Å²) < 4.78 is 27.6. The average Bonchev–Trinajstić information content (AvgIpc) is 2.73. The van der Waals surface area contributed by atoms with Gasteiger partial charge in [-0.1, -0.05) is 0 Å². The Morgan fingerprint density at radius 2 is 2.16 bits per heavy atom. The summed E-state index contributed by atoms with van der Waals surface area (Å²) in [6.45, 7) is 2.97. The number of nitrogens with zero attached hydrogens (tertiary/aromatic N) is 1. The van der Waals surface area contributed by atoms with Gasteiger partial charge in [0.15, 0.2) is 11.6 Å². The van der Waals surface area contributed by atoms with Crippen LogP contribution in [-0.2, 0) is 0 Å². The Kier molecular flexibility index (Phi) is 3.71. The molecule has 6 heteroatoms. The molecule has 0 spiro atoms. The predicted octanol–water partition coefficient (Wildman–Crippen LogP) is 1.84. The lowest BCUT2D eigenvalue weighted by atomic mass is 10.1. The van der Waals surface area contributed by atoms with Gasteiger partial charge in [-0.05, 0) is 37.9 Å². The fourth-order valence-corrected chi connectivity index (χ4v) is 2.58. The van der Waals surface area contributed by atoms with E-state index in [9.17, 15) is 13.6 Å². The standard InChI is InChI=1S/C13H16F2N2O2/c1-7-4-8(5-16)6-17(7)10-3-2-9(13(18)19)11(14)12(10)15/h2-3,7-8H,4-6,16H2,1H3,(H,18,19). The van der Waals surface area contributed by atoms with Crippen molar-refractivity contribution in [3.63, 3.8) is 0 Å². The third-order valence-corrected chi connectivity index (χ3v) is 3.60. The first-order valence-electron chi connectivity index (χ1n) is 6.13. The number of hydrogen-bond acceptors (Lipinski definition) is 3. The summed E-state index contributed by atoms with van der Waals surface area (Å²) in [5.41, 5.74) is 5.05. The van der Waals surface area contributed by atoms with Gasteiger partial charge in [0.2, 0.25) is 0 Å². The smallest absolute Gasteiger partial charge is 0.338 e. The van der Waals surface area contributed by atoms with Crippen LogP contribution in [0.5, 0.6) is 0 Å². The lowest BCUT2D eigenvalue weighted by Crippen LogP contribution is -2.29. The lowest BCUT2D eigenvalue weighted by molar-refractivity contribution is 0.0690. The molecule has 1 aliphatic heterocycles. The number of rotatable bonds is 3. The molecule has 1 heterocycles. The Balaban J connectivity index is 2.36. The zero-order chi connectivity index (χ0) is 14.2. The van der Waals surface area contributed by atoms with Crippen molar-refractivity contribution in [2.45, 2.75) is 19.4 Å². The maximum Gasteiger partial charge on any atom is 0.338 e. The number of carbonyl (C=O) groups is 1. The predicted molar refractivity (Wildman–Crippen MR) is 67.3 cm³/mol. The highest BCUT2D eigenvalue weighted by Gasteiger charge is 2.31. The zero-order valence-corrected chi connectivity index (χ0v) is 10.6. The Labute approximate surface area is 109 Å². The molecule has 2 rings (SSSR count). The second-order valence-corrected chi connectivity index (χ2v) is 4.90. The van der Waals surface area contributed by atoms with Crippen LogP contribution < -0.4 is 10.6 Å². The summed E-state index contributed by atoms with van der Waals surface area (Å²) in [7, 11) is 0. The molecular formula is C13H16F2N2O2. The van der Waals surface area contributed by atoms with Gasteiger partial charge >= 0.3 is 5.97 Å². The second-order valence-electron chi connectivity index (χ2n) is 4.90. The van der Waals surface area contributed by atoms with Crippen molar-refractivity contribution in [2.75, 3.05) is 18.0 Å². The molecule has 0 saturated carbocycles. The van der Waals surface area contributed by atoms with Crippen molar-refractivity contribution in [2.24, 2.45) is 11.7 Å². The summed E-state index contributed by atoms with van der Waals surface area (Å²) in [5, 5.41) is 8.74. The summed E-state index contributed by atoms with van der Waals surface area (Å²) in [4.78, 5) is 12.5. The first kappa shape index (κ1) is 13.7. The van der Waals surface area contributed by atoms with E-state index in [1.54, 1.807) is 4.90 Å². The van der Waals surface area contributed by atoms with Crippen LogP contribution >= 0.6 is 0 Å². The van der Waals surface area contributed by atoms with Crippen molar-refractivity contribution in [3.8, 4) is 0 Å². The second kappa shape index (κ2) is 5.13. The first-order valence-corrected chi connectivity index (χ1v) is 6.13. The van der Waals surface area contributed by atoms with Gasteiger partial charge in [0.1, 0.15) is 0 Å². The van der Waals surface area contributed by atoms with Crippen LogP contribution in [0.2, 0.25) is 0 Å². The fourth-order valence-electron chi connectivity index (χ4n) is 2.58. The number of hydrogen-bond donors (Lipinski definition) is 2. The maximum absolute atomic E-state index is 14.0. The number of aromatic carboxylic acids is 1. The van der Waals surface area contributed by atoms with E-state index in [4.69, 9.17) is 10.8 Å². The number of nitrogens with two attached hydrogens (primary N) is 1. The third-order valence-electron chi connectivity index (χ3n) is 3.60. The molecule has 4 nitrogen and oxygen atoms in total. The quantitative estimate of drug-likeness (QED) is 0.879. The molecule has 1 aromatic carbocycles. The molecular weight excluding hydrogens is 254 g/mol. The van der Waals surface area contributed by atoms with Crippen molar-refractivity contribution < 1.29 is 18.7 Å². The van der Waals surface area contributed by atoms with E-state index in [2.05, 4.69) is 0 Å². The average molecular weight is 270 g/mol. The molecule has 0 radical (unpaired) electrons. The highest BCUT2D eigenvalue weighted by molar-refractivity contribution is 5.88. The van der Waals surface area contributed by atoms with Gasteiger partial charge in [-0.15, -0.1) is 0 Å². The number of benzene rings is 1. The molecule has 1 saturated heterocycles. The van der Waals surface area contributed by atoms with E-state index in [1.807, 2.05) is 6.92 Å². The van der Waals surface area contributed by atoms with Crippen LogP contribution in [0, 0.1) is 17.6 Å². The topological polar surface area (TPSA) is 66.6 Å². The van der Waals surface area contributed by atoms with Crippen molar-refractivity contribution in [1.82, 2.24) is 0 Å². The van der Waals surface area contributed by atoms with E-state index in [0.29, 0.717) is 13.1 Å². The summed E-state index contributed by atoms with van der Waals surface area (Å²) in [5.74, 6) is -3.65. The number of halogens is 2. The van der Waals surface area contributed by atoms with Gasteiger partial charge < -0.3 is 15.7 Å². The molecule has 1 fully saturated rings. The lowest BCUT2D eigenvalue weighted by Gasteiger charge is -2.24. The van der Waals surface area contributed by atoms with Gasteiger partial charge in [0, 0.05) is 12.6 Å². The molecule has 0 bridgehead atoms. The Hall–Kier alpha value is -1.69. The van der Waals surface area contributed by atoms with E-state index in [0.717, 1.165) is 12.5 Å². The molecule has 0 amide bonds. The summed E-state index contributed by atoms with van der Waals surface area (Å²) in [6, 6.07) is 2.47. The molecule has 0 aromatic heterocycles. The fraction of sp³-hybridized carbons (Fsp3) is 0.462. The normalized spacial score (nSPS) is 22.8. The van der Waals surface area contributed by atoms with Crippen LogP contribution in [-0.4, -0.2) is 30.2 Å². The molecule has 1 aliphatic rings. The van der Waals surface area contributed by atoms with E-state index in [-0.39, 0.29) is 17.6 Å². The largest absolute Gasteiger partial charge is 0.478 e. The number of anilines is 1. The van der Waals surface area contributed by atoms with Crippen LogP contribution in [0.1, 0.15) is 23.7 Å². The minimum absolute atomic E-state index is 0.0538. The van der Waals surface area contributed by atoms with E-state index >= 15 is 0 Å². The molecule has 104 valence electrons. The van der Waals surface area contributed by atoms with Crippen LogP contribution in [0.25, 0.3) is 0 Å². The van der Waals surface area contributed by atoms with Crippen LogP contribution in [0.15, 0.2) is 12.1 Å². The first-order chi connectivity index (χ1) is 8.95. The molecule has 1 aromatic rings. The Morgan fingerprint density at radius 1 is 1.47 bits per heavy atom. The molecule has 2 atom stereocenters. The van der Waals surface area contributed by atoms with Gasteiger partial charge in [-0.2, -0.15) is 0 Å². The number of carboxylic acid groups (broad SMARTS) is 1. The highest BCUT2D eigenvalue weighted by atomic mass is 19.2. The third kappa shape index (κ3) is 2.40. The van der Waals surface area contributed by atoms with E-state index < -0.39 is 23.2 Å². The molecule has 19 heavy (non-hydrogen) atoms. The van der Waals surface area contributed by atoms with Gasteiger partial charge in [-0.3, -0.25) is 0 Å². The van der Waals surface area contributed by atoms with Crippen LogP contribution in [0.4, 0.5) is 14.5 Å².